The number of nitrogens with one attached hydrogen (secondary N) is 1. The van der Waals surface area contributed by atoms with E-state index in [1.807, 2.05) is 13.8 Å². The van der Waals surface area contributed by atoms with E-state index in [1.54, 1.807) is 24.8 Å². The van der Waals surface area contributed by atoms with Crippen LogP contribution in [0, 0.1) is 10.1 Å². The number of hydrogen-bond donors (Lipinski definition) is 2. The number of pyridine rings is 1. The molecule has 2 N–H and O–H groups in total. The molecule has 0 aliphatic carbocycles. The smallest absolute Gasteiger partial charge is 0.311 e. The van der Waals surface area contributed by atoms with Gasteiger partial charge in [0.15, 0.2) is 0 Å². The van der Waals surface area contributed by atoms with Crippen LogP contribution < -0.4 is 10.2 Å². The summed E-state index contributed by atoms with van der Waals surface area (Å²) in [5.74, 6) is 0.886. The van der Waals surface area contributed by atoms with Crippen LogP contribution in [0.1, 0.15) is 34.1 Å². The molecule has 0 amide bonds. The fraction of sp³-hybridized carbons (Fsp3) is 0.643. The Morgan fingerprint density at radius 2 is 2.10 bits per heavy atom. The molecule has 0 saturated carbocycles. The Kier molecular flexibility index (Phi) is 5.90. The van der Waals surface area contributed by atoms with Crippen molar-refractivity contribution < 1.29 is 10.0 Å². The van der Waals surface area contributed by atoms with Gasteiger partial charge in [-0.15, -0.1) is 0 Å². The average Bonchev–Trinajstić information content (AvgIpc) is 2.41. The van der Waals surface area contributed by atoms with Gasteiger partial charge in [0.25, 0.3) is 0 Å². The van der Waals surface area contributed by atoms with Crippen molar-refractivity contribution >= 4 is 17.3 Å². The van der Waals surface area contributed by atoms with E-state index in [9.17, 15) is 15.2 Å². The minimum atomic E-state index is -0.960. The Balaban J connectivity index is 3.17. The molecule has 0 bridgehead atoms. The highest BCUT2D eigenvalue weighted by Crippen LogP contribution is 2.28. The van der Waals surface area contributed by atoms with Crippen molar-refractivity contribution in [3.8, 4) is 0 Å². The number of aliphatic hydroxyl groups is 1. The highest BCUT2D eigenvalue weighted by Gasteiger charge is 2.25. The molecular weight excluding hydrogens is 272 g/mol. The molecular formula is C14H24N4O3. The molecule has 21 heavy (non-hydrogen) atoms. The molecule has 7 nitrogen and oxygen atoms in total. The Labute approximate surface area is 125 Å². The van der Waals surface area contributed by atoms with Crippen LogP contribution in [-0.2, 0) is 0 Å². The van der Waals surface area contributed by atoms with Crippen molar-refractivity contribution in [1.82, 2.24) is 4.98 Å². The van der Waals surface area contributed by atoms with Crippen LogP contribution in [-0.4, -0.2) is 40.2 Å². The van der Waals surface area contributed by atoms with E-state index in [0.717, 1.165) is 13.0 Å². The van der Waals surface area contributed by atoms with Gasteiger partial charge in [0.05, 0.1) is 10.5 Å². The van der Waals surface area contributed by atoms with E-state index in [1.165, 1.54) is 6.07 Å². The molecule has 0 spiro atoms. The monoisotopic (exact) mass is 296 g/mol. The van der Waals surface area contributed by atoms with Crippen LogP contribution in [0.2, 0.25) is 0 Å². The fourth-order valence-corrected chi connectivity index (χ4v) is 1.97. The van der Waals surface area contributed by atoms with Crippen LogP contribution in [0.25, 0.3) is 0 Å². The average molecular weight is 296 g/mol. The van der Waals surface area contributed by atoms with Crippen molar-refractivity contribution in [1.29, 1.82) is 0 Å². The van der Waals surface area contributed by atoms with Gasteiger partial charge in [-0.2, -0.15) is 0 Å². The summed E-state index contributed by atoms with van der Waals surface area (Å²) in [4.78, 5) is 16.8. The molecule has 0 aliphatic rings. The van der Waals surface area contributed by atoms with Crippen LogP contribution in [0.3, 0.4) is 0 Å². The third-order valence-corrected chi connectivity index (χ3v) is 2.87. The molecule has 1 heterocycles. The number of aromatic nitrogens is 1. The number of nitrogens with zero attached hydrogens (tertiary/aromatic N) is 3. The Morgan fingerprint density at radius 3 is 2.57 bits per heavy atom. The Hall–Kier alpha value is -1.89. The maximum Gasteiger partial charge on any atom is 0.311 e. The summed E-state index contributed by atoms with van der Waals surface area (Å²) in [5, 5.41) is 24.3. The molecule has 0 atom stereocenters. The van der Waals surface area contributed by atoms with Crippen LogP contribution in [0.5, 0.6) is 0 Å². The normalized spacial score (nSPS) is 11.3. The lowest BCUT2D eigenvalue weighted by molar-refractivity contribution is -0.384. The van der Waals surface area contributed by atoms with Crippen LogP contribution in [0.4, 0.5) is 17.3 Å². The first kappa shape index (κ1) is 17.2. The van der Waals surface area contributed by atoms with E-state index >= 15 is 0 Å². The number of rotatable bonds is 8. The summed E-state index contributed by atoms with van der Waals surface area (Å²) >= 11 is 0. The quantitative estimate of drug-likeness (QED) is 0.565. The van der Waals surface area contributed by atoms with E-state index in [0.29, 0.717) is 12.4 Å². The summed E-state index contributed by atoms with van der Waals surface area (Å²) in [6.45, 7) is 8.79. The second-order valence-corrected chi connectivity index (χ2v) is 5.55. The third kappa shape index (κ3) is 5.18. The maximum absolute atomic E-state index is 11.2. The van der Waals surface area contributed by atoms with Gasteiger partial charge in [0.2, 0.25) is 5.82 Å². The molecule has 0 saturated heterocycles. The summed E-state index contributed by atoms with van der Waals surface area (Å²) in [6, 6.07) is 3.06. The zero-order chi connectivity index (χ0) is 16.0. The van der Waals surface area contributed by atoms with Gasteiger partial charge in [-0.25, -0.2) is 4.98 Å². The molecule has 1 aromatic rings. The van der Waals surface area contributed by atoms with Gasteiger partial charge in [-0.3, -0.25) is 10.1 Å². The minimum Gasteiger partial charge on any atom is -0.389 e. The van der Waals surface area contributed by atoms with E-state index in [2.05, 4.69) is 10.3 Å². The predicted octanol–water partition coefficient (Wildman–Crippen LogP) is 2.41. The molecule has 7 heteroatoms. The fourth-order valence-electron chi connectivity index (χ4n) is 1.97. The predicted molar refractivity (Wildman–Crippen MR) is 83.9 cm³/mol. The van der Waals surface area contributed by atoms with Gasteiger partial charge in [0.1, 0.15) is 5.82 Å². The van der Waals surface area contributed by atoms with E-state index < -0.39 is 10.5 Å². The lowest BCUT2D eigenvalue weighted by Gasteiger charge is -2.28. The second-order valence-electron chi connectivity index (χ2n) is 5.55. The number of hydrogen-bond acceptors (Lipinski definition) is 6. The van der Waals surface area contributed by atoms with Crippen molar-refractivity contribution in [3.05, 3.63) is 22.2 Å². The van der Waals surface area contributed by atoms with Gasteiger partial charge < -0.3 is 15.3 Å². The molecule has 0 aromatic carbocycles. The zero-order valence-corrected chi connectivity index (χ0v) is 13.1. The summed E-state index contributed by atoms with van der Waals surface area (Å²) < 4.78 is 0. The molecule has 0 radical (unpaired) electrons. The first-order valence-corrected chi connectivity index (χ1v) is 7.15. The third-order valence-electron chi connectivity index (χ3n) is 2.87. The molecule has 1 aromatic heterocycles. The lowest BCUT2D eigenvalue weighted by Crippen LogP contribution is -2.39. The van der Waals surface area contributed by atoms with Gasteiger partial charge >= 0.3 is 5.69 Å². The minimum absolute atomic E-state index is 0.0526. The van der Waals surface area contributed by atoms with Gasteiger partial charge in [0, 0.05) is 25.7 Å². The molecule has 0 fully saturated rings. The zero-order valence-electron chi connectivity index (χ0n) is 13.1. The Morgan fingerprint density at radius 1 is 1.43 bits per heavy atom. The highest BCUT2D eigenvalue weighted by molar-refractivity contribution is 5.62. The first-order valence-electron chi connectivity index (χ1n) is 7.15. The van der Waals surface area contributed by atoms with E-state index in [4.69, 9.17) is 0 Å². The largest absolute Gasteiger partial charge is 0.389 e. The van der Waals surface area contributed by atoms with Crippen molar-refractivity contribution in [2.24, 2.45) is 0 Å². The molecule has 1 rings (SSSR count). The SMILES string of the molecule is CCCNc1ccc([N+](=O)[O-])c(N(CC)CC(C)(C)O)n1. The highest BCUT2D eigenvalue weighted by atomic mass is 16.6. The summed E-state index contributed by atoms with van der Waals surface area (Å²) in [6.07, 6.45) is 0.940. The van der Waals surface area contributed by atoms with Crippen molar-refractivity contribution in [2.45, 2.75) is 39.7 Å². The van der Waals surface area contributed by atoms with Gasteiger partial charge in [-0.1, -0.05) is 6.92 Å². The van der Waals surface area contributed by atoms with Gasteiger partial charge in [-0.05, 0) is 33.3 Å². The number of nitro groups is 1. The molecule has 0 aliphatic heterocycles. The molecule has 0 unspecified atom stereocenters. The van der Waals surface area contributed by atoms with Crippen LogP contribution >= 0.6 is 0 Å². The molecule has 118 valence electrons. The van der Waals surface area contributed by atoms with Crippen LogP contribution in [0.15, 0.2) is 12.1 Å². The summed E-state index contributed by atoms with van der Waals surface area (Å²) in [7, 11) is 0. The number of anilines is 2. The van der Waals surface area contributed by atoms with Crippen molar-refractivity contribution in [3.63, 3.8) is 0 Å². The van der Waals surface area contributed by atoms with E-state index in [-0.39, 0.29) is 18.1 Å². The Bertz CT molecular complexity index is 486. The standard InChI is InChI=1S/C14H24N4O3/c1-5-9-15-12-8-7-11(18(20)21)13(16-12)17(6-2)10-14(3,4)19/h7-8,19H,5-6,9-10H2,1-4H3,(H,15,16). The summed E-state index contributed by atoms with van der Waals surface area (Å²) in [5.41, 5.74) is -1.01. The number of likely N-dealkylation sites (N-methyl/N-ethyl adjacent to an activating group) is 1. The maximum atomic E-state index is 11.2. The first-order chi connectivity index (χ1) is 9.78. The topological polar surface area (TPSA) is 91.5 Å². The van der Waals surface area contributed by atoms with Crippen molar-refractivity contribution in [2.75, 3.05) is 29.9 Å². The lowest BCUT2D eigenvalue weighted by atomic mass is 10.1. The second kappa shape index (κ2) is 7.21.